The number of hydrogen-bond acceptors (Lipinski definition) is 4. The first-order valence-corrected chi connectivity index (χ1v) is 5.87. The quantitative estimate of drug-likeness (QED) is 0.778. The van der Waals surface area contributed by atoms with E-state index < -0.39 is 0 Å². The average molecular weight is 224 g/mol. The van der Waals surface area contributed by atoms with E-state index in [-0.39, 0.29) is 6.61 Å². The first-order valence-electron chi connectivity index (χ1n) is 5.87. The van der Waals surface area contributed by atoms with E-state index in [0.717, 1.165) is 44.0 Å². The van der Waals surface area contributed by atoms with Crippen LogP contribution in [0.25, 0.3) is 0 Å². The molecular weight excluding hydrogens is 204 g/mol. The van der Waals surface area contributed by atoms with Crippen LogP contribution in [0, 0.1) is 5.92 Å². The second-order valence-corrected chi connectivity index (χ2v) is 4.78. The van der Waals surface area contributed by atoms with Crippen LogP contribution in [0.3, 0.4) is 0 Å². The largest absolute Gasteiger partial charge is 0.396 e. The van der Waals surface area contributed by atoms with Crippen molar-refractivity contribution in [3.05, 3.63) is 11.6 Å². The van der Waals surface area contributed by atoms with Crippen molar-refractivity contribution in [2.75, 3.05) is 27.2 Å². The number of hydrogen-bond donors (Lipinski definition) is 1. The summed E-state index contributed by atoms with van der Waals surface area (Å²) in [5, 5.41) is 17.7. The van der Waals surface area contributed by atoms with Gasteiger partial charge in [0.15, 0.2) is 0 Å². The Balaban J connectivity index is 2.07. The van der Waals surface area contributed by atoms with Crippen LogP contribution in [0.1, 0.15) is 18.1 Å². The van der Waals surface area contributed by atoms with Crippen LogP contribution >= 0.6 is 0 Å². The highest BCUT2D eigenvalue weighted by Gasteiger charge is 2.21. The Morgan fingerprint density at radius 2 is 2.25 bits per heavy atom. The lowest BCUT2D eigenvalue weighted by Gasteiger charge is -2.22. The van der Waals surface area contributed by atoms with E-state index >= 15 is 0 Å². The molecule has 1 atom stereocenters. The fourth-order valence-corrected chi connectivity index (χ4v) is 2.11. The van der Waals surface area contributed by atoms with Gasteiger partial charge in [0, 0.05) is 38.5 Å². The van der Waals surface area contributed by atoms with Crippen molar-refractivity contribution >= 4 is 0 Å². The van der Waals surface area contributed by atoms with E-state index in [4.69, 9.17) is 0 Å². The average Bonchev–Trinajstić information content (AvgIpc) is 2.68. The predicted molar refractivity (Wildman–Crippen MR) is 61.2 cm³/mol. The van der Waals surface area contributed by atoms with Gasteiger partial charge in [-0.15, -0.1) is 10.2 Å². The molecule has 16 heavy (non-hydrogen) atoms. The van der Waals surface area contributed by atoms with E-state index in [1.165, 1.54) is 0 Å². The Morgan fingerprint density at radius 1 is 1.44 bits per heavy atom. The molecule has 0 spiro atoms. The van der Waals surface area contributed by atoms with Crippen molar-refractivity contribution in [2.45, 2.75) is 25.8 Å². The summed E-state index contributed by atoms with van der Waals surface area (Å²) >= 11 is 0. The van der Waals surface area contributed by atoms with Gasteiger partial charge in [-0.3, -0.25) is 0 Å². The van der Waals surface area contributed by atoms with Crippen LogP contribution in [-0.4, -0.2) is 52.0 Å². The third-order valence-corrected chi connectivity index (χ3v) is 3.16. The molecule has 1 N–H and O–H groups in total. The highest BCUT2D eigenvalue weighted by molar-refractivity contribution is 5.00. The lowest BCUT2D eigenvalue weighted by Crippen LogP contribution is -2.25. The minimum Gasteiger partial charge on any atom is -0.396 e. The normalized spacial score (nSPS) is 20.1. The van der Waals surface area contributed by atoms with Gasteiger partial charge < -0.3 is 14.6 Å². The van der Waals surface area contributed by atoms with Crippen molar-refractivity contribution in [1.82, 2.24) is 19.7 Å². The third-order valence-electron chi connectivity index (χ3n) is 3.16. The van der Waals surface area contributed by atoms with Crippen molar-refractivity contribution < 1.29 is 5.11 Å². The number of nitrogens with zero attached hydrogens (tertiary/aromatic N) is 4. The molecule has 0 amide bonds. The summed E-state index contributed by atoms with van der Waals surface area (Å²) in [5.41, 5.74) is 0. The molecule has 1 unspecified atom stereocenters. The van der Waals surface area contributed by atoms with Gasteiger partial charge in [-0.25, -0.2) is 0 Å². The van der Waals surface area contributed by atoms with E-state index in [0.29, 0.717) is 5.92 Å². The number of aromatic nitrogens is 3. The molecule has 0 saturated carbocycles. The number of fused-ring (bicyclic) bond motifs is 1. The van der Waals surface area contributed by atoms with Crippen molar-refractivity contribution in [1.29, 1.82) is 0 Å². The summed E-state index contributed by atoms with van der Waals surface area (Å²) in [6.07, 6.45) is 2.90. The predicted octanol–water partition coefficient (Wildman–Crippen LogP) is -0.0631. The van der Waals surface area contributed by atoms with Gasteiger partial charge in [0.25, 0.3) is 0 Å². The number of aryl methyl sites for hydroxylation is 1. The molecule has 1 aromatic heterocycles. The molecule has 5 nitrogen and oxygen atoms in total. The molecule has 0 saturated heterocycles. The molecule has 0 fully saturated rings. The summed E-state index contributed by atoms with van der Waals surface area (Å²) in [7, 11) is 4.12. The summed E-state index contributed by atoms with van der Waals surface area (Å²) in [6.45, 7) is 2.13. The van der Waals surface area contributed by atoms with Crippen LogP contribution in [0.5, 0.6) is 0 Å². The Morgan fingerprint density at radius 3 is 2.94 bits per heavy atom. The fourth-order valence-electron chi connectivity index (χ4n) is 2.11. The summed E-state index contributed by atoms with van der Waals surface area (Å²) in [6, 6.07) is 0. The molecule has 1 aliphatic rings. The number of aliphatic hydroxyl groups is 1. The van der Waals surface area contributed by atoms with Gasteiger partial charge in [-0.1, -0.05) is 0 Å². The number of likely N-dealkylation sites (N-methyl/N-ethyl adjacent to an activating group) is 1. The maximum Gasteiger partial charge on any atom is 0.134 e. The molecule has 0 aliphatic carbocycles. The Bertz CT molecular complexity index is 348. The van der Waals surface area contributed by atoms with E-state index in [1.807, 2.05) is 0 Å². The van der Waals surface area contributed by atoms with Crippen LogP contribution in [0.15, 0.2) is 0 Å². The topological polar surface area (TPSA) is 54.2 Å². The second kappa shape index (κ2) is 4.93. The van der Waals surface area contributed by atoms with E-state index in [1.54, 1.807) is 0 Å². The van der Waals surface area contributed by atoms with Crippen LogP contribution in [0.2, 0.25) is 0 Å². The Kier molecular flexibility index (Phi) is 3.56. The zero-order chi connectivity index (χ0) is 11.5. The summed E-state index contributed by atoms with van der Waals surface area (Å²) in [4.78, 5) is 2.15. The molecule has 5 heteroatoms. The Labute approximate surface area is 96.1 Å². The van der Waals surface area contributed by atoms with Crippen molar-refractivity contribution in [3.8, 4) is 0 Å². The standard InChI is InChI=1S/C11H20N4O/c1-14(2)6-5-11-13-12-10-4-3-9(8-16)7-15(10)11/h9,16H,3-8H2,1-2H3. The van der Waals surface area contributed by atoms with E-state index in [9.17, 15) is 5.11 Å². The lowest BCUT2D eigenvalue weighted by molar-refractivity contribution is 0.189. The number of aliphatic hydroxyl groups excluding tert-OH is 1. The first-order chi connectivity index (χ1) is 7.70. The molecule has 2 heterocycles. The maximum atomic E-state index is 9.20. The maximum absolute atomic E-state index is 9.20. The minimum absolute atomic E-state index is 0.269. The fraction of sp³-hybridized carbons (Fsp3) is 0.818. The number of rotatable bonds is 4. The molecule has 2 rings (SSSR count). The highest BCUT2D eigenvalue weighted by atomic mass is 16.3. The van der Waals surface area contributed by atoms with Gasteiger partial charge in [0.1, 0.15) is 11.6 Å². The zero-order valence-electron chi connectivity index (χ0n) is 10.1. The molecule has 1 aliphatic heterocycles. The molecule has 0 aromatic carbocycles. The monoisotopic (exact) mass is 224 g/mol. The Hall–Kier alpha value is -0.940. The molecule has 0 bridgehead atoms. The van der Waals surface area contributed by atoms with Crippen LogP contribution < -0.4 is 0 Å². The van der Waals surface area contributed by atoms with Gasteiger partial charge in [-0.2, -0.15) is 0 Å². The lowest BCUT2D eigenvalue weighted by atomic mass is 10.0. The third kappa shape index (κ3) is 2.41. The molecule has 0 radical (unpaired) electrons. The molecular formula is C11H20N4O. The smallest absolute Gasteiger partial charge is 0.134 e. The molecule has 90 valence electrons. The van der Waals surface area contributed by atoms with E-state index in [2.05, 4.69) is 33.8 Å². The van der Waals surface area contributed by atoms with Gasteiger partial charge >= 0.3 is 0 Å². The van der Waals surface area contributed by atoms with Gasteiger partial charge in [0.05, 0.1) is 0 Å². The minimum atomic E-state index is 0.269. The van der Waals surface area contributed by atoms with Crippen LogP contribution in [0.4, 0.5) is 0 Å². The summed E-state index contributed by atoms with van der Waals surface area (Å²) < 4.78 is 2.19. The van der Waals surface area contributed by atoms with Gasteiger partial charge in [-0.05, 0) is 20.5 Å². The second-order valence-electron chi connectivity index (χ2n) is 4.78. The zero-order valence-corrected chi connectivity index (χ0v) is 10.1. The van der Waals surface area contributed by atoms with Gasteiger partial charge in [0.2, 0.25) is 0 Å². The molecule has 1 aromatic rings. The van der Waals surface area contributed by atoms with Crippen molar-refractivity contribution in [2.24, 2.45) is 5.92 Å². The van der Waals surface area contributed by atoms with Crippen molar-refractivity contribution in [3.63, 3.8) is 0 Å². The summed E-state index contributed by atoms with van der Waals surface area (Å²) in [5.74, 6) is 2.52. The van der Waals surface area contributed by atoms with Crippen LogP contribution in [-0.2, 0) is 19.4 Å². The SMILES string of the molecule is CN(C)CCc1nnc2n1CC(CO)CC2. The first kappa shape index (κ1) is 11.5. The highest BCUT2D eigenvalue weighted by Crippen LogP contribution is 2.19.